The van der Waals surface area contributed by atoms with Crippen molar-refractivity contribution < 1.29 is 18.5 Å². The van der Waals surface area contributed by atoms with E-state index in [1.165, 1.54) is 12.1 Å². The highest BCUT2D eigenvalue weighted by molar-refractivity contribution is 7.85. The summed E-state index contributed by atoms with van der Waals surface area (Å²) in [5.74, 6) is -0.152. The Kier molecular flexibility index (Phi) is 4.50. The van der Waals surface area contributed by atoms with Crippen molar-refractivity contribution in [2.75, 3.05) is 13.1 Å². The first-order valence-corrected chi connectivity index (χ1v) is 11.1. The molecule has 1 heterocycles. The summed E-state index contributed by atoms with van der Waals surface area (Å²) in [5, 5.41) is 10.5. The van der Waals surface area contributed by atoms with E-state index in [1.807, 2.05) is 18.7 Å². The van der Waals surface area contributed by atoms with Crippen molar-refractivity contribution in [1.29, 1.82) is 0 Å². The zero-order chi connectivity index (χ0) is 19.4. The summed E-state index contributed by atoms with van der Waals surface area (Å²) in [5.41, 5.74) is -1.24. The summed E-state index contributed by atoms with van der Waals surface area (Å²) in [4.78, 5) is 15.9. The Morgan fingerprint density at radius 1 is 1.22 bits per heavy atom. The van der Waals surface area contributed by atoms with Crippen LogP contribution in [0.15, 0.2) is 29.2 Å². The minimum Gasteiger partial charge on any atom is -0.390 e. The maximum absolute atomic E-state index is 13.3. The van der Waals surface area contributed by atoms with E-state index < -0.39 is 16.4 Å². The highest BCUT2D eigenvalue weighted by Gasteiger charge is 2.63. The SMILES string of the molecule is CC(C)(O)C12CCC(C(=O)N3CCC(S(=O)c4ccc(F)cc4)C3)(CC1)C2. The first-order chi connectivity index (χ1) is 12.7. The zero-order valence-electron chi connectivity index (χ0n) is 16.0. The van der Waals surface area contributed by atoms with E-state index in [2.05, 4.69) is 0 Å². The second kappa shape index (κ2) is 6.38. The summed E-state index contributed by atoms with van der Waals surface area (Å²) in [6.07, 6.45) is 4.98. The smallest absolute Gasteiger partial charge is 0.228 e. The van der Waals surface area contributed by atoms with Gasteiger partial charge in [-0.3, -0.25) is 9.00 Å². The molecule has 4 nitrogen and oxygen atoms in total. The summed E-state index contributed by atoms with van der Waals surface area (Å²) in [7, 11) is -1.23. The molecule has 1 aromatic carbocycles. The van der Waals surface area contributed by atoms with Crippen molar-refractivity contribution >= 4 is 16.7 Å². The van der Waals surface area contributed by atoms with Crippen LogP contribution in [-0.2, 0) is 15.6 Å². The molecule has 1 saturated heterocycles. The predicted octanol–water partition coefficient (Wildman–Crippen LogP) is 3.26. The van der Waals surface area contributed by atoms with Crippen LogP contribution in [0.2, 0.25) is 0 Å². The average Bonchev–Trinajstić information content (AvgIpc) is 3.35. The number of rotatable bonds is 4. The number of hydrogen-bond donors (Lipinski definition) is 1. The first-order valence-electron chi connectivity index (χ1n) is 9.84. The van der Waals surface area contributed by atoms with Crippen molar-refractivity contribution in [3.63, 3.8) is 0 Å². The topological polar surface area (TPSA) is 57.6 Å². The molecule has 2 saturated carbocycles. The molecule has 4 rings (SSSR count). The molecule has 0 radical (unpaired) electrons. The maximum atomic E-state index is 13.3. The van der Waals surface area contributed by atoms with Gasteiger partial charge in [-0.05, 0) is 82.1 Å². The lowest BCUT2D eigenvalue weighted by Gasteiger charge is -2.38. The lowest BCUT2D eigenvalue weighted by atomic mass is 9.71. The minimum absolute atomic E-state index is 0.0994. The molecule has 0 spiro atoms. The van der Waals surface area contributed by atoms with Crippen LogP contribution < -0.4 is 0 Å². The number of nitrogens with zero attached hydrogens (tertiary/aromatic N) is 1. The number of hydrogen-bond acceptors (Lipinski definition) is 3. The van der Waals surface area contributed by atoms with E-state index in [9.17, 15) is 18.5 Å². The van der Waals surface area contributed by atoms with E-state index >= 15 is 0 Å². The van der Waals surface area contributed by atoms with Crippen molar-refractivity contribution in [2.24, 2.45) is 10.8 Å². The zero-order valence-corrected chi connectivity index (χ0v) is 16.9. The fourth-order valence-corrected chi connectivity index (χ4v) is 6.93. The molecule has 1 N–H and O–H groups in total. The number of benzene rings is 1. The minimum atomic E-state index is -1.23. The fourth-order valence-electron chi connectivity index (χ4n) is 5.51. The largest absolute Gasteiger partial charge is 0.390 e. The van der Waals surface area contributed by atoms with Crippen molar-refractivity contribution in [3.8, 4) is 0 Å². The molecule has 2 aliphatic carbocycles. The molecule has 27 heavy (non-hydrogen) atoms. The number of carbonyl (C=O) groups excluding carboxylic acids is 1. The number of aliphatic hydroxyl groups is 1. The summed E-state index contributed by atoms with van der Waals surface area (Å²) in [6, 6.07) is 5.80. The molecule has 1 aromatic rings. The normalized spacial score (nSPS) is 34.2. The third-order valence-electron chi connectivity index (χ3n) is 7.37. The molecule has 0 aromatic heterocycles. The summed E-state index contributed by atoms with van der Waals surface area (Å²) in [6.45, 7) is 4.88. The molecule has 1 amide bonds. The van der Waals surface area contributed by atoms with E-state index in [-0.39, 0.29) is 27.8 Å². The van der Waals surface area contributed by atoms with Gasteiger partial charge in [0.15, 0.2) is 0 Å². The van der Waals surface area contributed by atoms with E-state index in [0.29, 0.717) is 24.4 Å². The third kappa shape index (κ3) is 3.05. The van der Waals surface area contributed by atoms with Crippen LogP contribution in [0, 0.1) is 16.6 Å². The highest BCUT2D eigenvalue weighted by Crippen LogP contribution is 2.66. The fraction of sp³-hybridized carbons (Fsp3) is 0.667. The standard InChI is InChI=1S/C21H28FNO3S/c1-19(2,25)21-10-8-20(14-21,9-11-21)18(24)23-12-7-17(13-23)27(26)16-5-3-15(22)4-6-16/h3-6,17,25H,7-14H2,1-2H3. The van der Waals surface area contributed by atoms with Crippen LogP contribution in [-0.4, -0.2) is 44.1 Å². The Morgan fingerprint density at radius 3 is 2.41 bits per heavy atom. The van der Waals surface area contributed by atoms with Crippen molar-refractivity contribution in [3.05, 3.63) is 30.1 Å². The molecular weight excluding hydrogens is 365 g/mol. The molecular formula is C21H28FNO3S. The van der Waals surface area contributed by atoms with Crippen LogP contribution in [0.1, 0.15) is 52.4 Å². The Bertz CT molecular complexity index is 763. The van der Waals surface area contributed by atoms with Crippen LogP contribution >= 0.6 is 0 Å². The van der Waals surface area contributed by atoms with Gasteiger partial charge < -0.3 is 10.0 Å². The van der Waals surface area contributed by atoms with Crippen LogP contribution in [0.5, 0.6) is 0 Å². The van der Waals surface area contributed by atoms with Crippen LogP contribution in [0.4, 0.5) is 4.39 Å². The summed E-state index contributed by atoms with van der Waals surface area (Å²) >= 11 is 0. The van der Waals surface area contributed by atoms with Gasteiger partial charge in [0.2, 0.25) is 5.91 Å². The second-order valence-electron chi connectivity index (χ2n) is 9.21. The maximum Gasteiger partial charge on any atom is 0.228 e. The van der Waals surface area contributed by atoms with Gasteiger partial charge in [-0.1, -0.05) is 0 Å². The number of halogens is 1. The second-order valence-corrected chi connectivity index (χ2v) is 10.9. The quantitative estimate of drug-likeness (QED) is 0.854. The molecule has 2 unspecified atom stereocenters. The van der Waals surface area contributed by atoms with Crippen LogP contribution in [0.3, 0.4) is 0 Å². The number of carbonyl (C=O) groups is 1. The first kappa shape index (κ1) is 19.1. The van der Waals surface area contributed by atoms with E-state index in [0.717, 1.165) is 32.1 Å². The van der Waals surface area contributed by atoms with Crippen molar-refractivity contribution in [2.45, 2.75) is 68.1 Å². The van der Waals surface area contributed by atoms with E-state index in [1.54, 1.807) is 12.1 Å². The molecule has 148 valence electrons. The van der Waals surface area contributed by atoms with Gasteiger partial charge in [0.25, 0.3) is 0 Å². The van der Waals surface area contributed by atoms with Gasteiger partial charge in [0, 0.05) is 18.0 Å². The number of amides is 1. The molecule has 6 heteroatoms. The Morgan fingerprint density at radius 2 is 1.85 bits per heavy atom. The molecule has 2 bridgehead atoms. The molecule has 3 fully saturated rings. The van der Waals surface area contributed by atoms with Crippen molar-refractivity contribution in [1.82, 2.24) is 4.90 Å². The Balaban J connectivity index is 1.45. The Labute approximate surface area is 162 Å². The van der Waals surface area contributed by atoms with E-state index in [4.69, 9.17) is 0 Å². The molecule has 1 aliphatic heterocycles. The lowest BCUT2D eigenvalue weighted by molar-refractivity contribution is -0.140. The van der Waals surface area contributed by atoms with Gasteiger partial charge in [0.05, 0.1) is 27.1 Å². The predicted molar refractivity (Wildman–Crippen MR) is 102 cm³/mol. The highest BCUT2D eigenvalue weighted by atomic mass is 32.2. The van der Waals surface area contributed by atoms with Gasteiger partial charge in [0.1, 0.15) is 5.82 Å². The number of likely N-dealkylation sites (tertiary alicyclic amines) is 1. The lowest BCUT2D eigenvalue weighted by Crippen LogP contribution is -2.41. The van der Waals surface area contributed by atoms with Gasteiger partial charge in [-0.15, -0.1) is 0 Å². The number of fused-ring (bicyclic) bond motifs is 2. The summed E-state index contributed by atoms with van der Waals surface area (Å²) < 4.78 is 25.9. The van der Waals surface area contributed by atoms with Gasteiger partial charge in [-0.25, -0.2) is 4.39 Å². The monoisotopic (exact) mass is 393 g/mol. The molecule has 3 aliphatic rings. The average molecular weight is 394 g/mol. The van der Waals surface area contributed by atoms with Gasteiger partial charge >= 0.3 is 0 Å². The Hall–Kier alpha value is -1.27. The van der Waals surface area contributed by atoms with Gasteiger partial charge in [-0.2, -0.15) is 0 Å². The van der Waals surface area contributed by atoms with Crippen LogP contribution in [0.25, 0.3) is 0 Å². The third-order valence-corrected chi connectivity index (χ3v) is 9.10. The molecule has 2 atom stereocenters.